The number of esters is 1. The van der Waals surface area contributed by atoms with Gasteiger partial charge in [-0.2, -0.15) is 0 Å². The molecule has 1 fully saturated rings. The number of ether oxygens (including phenoxy) is 2. The van der Waals surface area contributed by atoms with Crippen LogP contribution in [-0.2, 0) is 14.3 Å². The van der Waals surface area contributed by atoms with Crippen molar-refractivity contribution in [3.8, 4) is 0 Å². The van der Waals surface area contributed by atoms with Crippen molar-refractivity contribution in [2.75, 3.05) is 6.61 Å². The Morgan fingerprint density at radius 1 is 1.44 bits per heavy atom. The summed E-state index contributed by atoms with van der Waals surface area (Å²) < 4.78 is 10.8. The highest BCUT2D eigenvalue weighted by molar-refractivity contribution is 5.74. The highest BCUT2D eigenvalue weighted by atomic mass is 16.6. The van der Waals surface area contributed by atoms with E-state index in [0.717, 1.165) is 32.1 Å². The second-order valence-electron chi connectivity index (χ2n) is 4.36. The van der Waals surface area contributed by atoms with E-state index in [1.807, 2.05) is 13.8 Å². The first-order valence-electron chi connectivity index (χ1n) is 6.25. The van der Waals surface area contributed by atoms with Crippen LogP contribution < -0.4 is 5.73 Å². The average Bonchev–Trinajstić information content (AvgIpc) is 2.64. The summed E-state index contributed by atoms with van der Waals surface area (Å²) >= 11 is 0. The SMILES string of the molecule is CCCC(OC1CCC(N)C1)C(=O)OCC. The van der Waals surface area contributed by atoms with Gasteiger partial charge in [0, 0.05) is 6.04 Å². The van der Waals surface area contributed by atoms with Gasteiger partial charge in [0.25, 0.3) is 0 Å². The Hall–Kier alpha value is -0.610. The van der Waals surface area contributed by atoms with E-state index in [0.29, 0.717) is 6.61 Å². The molecule has 0 heterocycles. The molecule has 94 valence electrons. The number of nitrogens with two attached hydrogens (primary N) is 1. The molecule has 4 heteroatoms. The van der Waals surface area contributed by atoms with Gasteiger partial charge >= 0.3 is 5.97 Å². The topological polar surface area (TPSA) is 61.5 Å². The van der Waals surface area contributed by atoms with Crippen LogP contribution in [-0.4, -0.2) is 30.8 Å². The Morgan fingerprint density at radius 2 is 2.19 bits per heavy atom. The largest absolute Gasteiger partial charge is 0.464 e. The Kier molecular flexibility index (Phi) is 5.77. The molecule has 0 radical (unpaired) electrons. The first kappa shape index (κ1) is 13.5. The average molecular weight is 229 g/mol. The second kappa shape index (κ2) is 6.86. The van der Waals surface area contributed by atoms with Gasteiger partial charge in [-0.15, -0.1) is 0 Å². The van der Waals surface area contributed by atoms with Gasteiger partial charge in [0.1, 0.15) is 0 Å². The van der Waals surface area contributed by atoms with Crippen LogP contribution in [0.15, 0.2) is 0 Å². The summed E-state index contributed by atoms with van der Waals surface area (Å²) in [6, 6.07) is 0.231. The normalized spacial score (nSPS) is 26.7. The zero-order valence-corrected chi connectivity index (χ0v) is 10.3. The minimum atomic E-state index is -0.403. The van der Waals surface area contributed by atoms with Gasteiger partial charge < -0.3 is 15.2 Å². The number of hydrogen-bond donors (Lipinski definition) is 1. The molecule has 0 aromatic heterocycles. The van der Waals surface area contributed by atoms with Crippen molar-refractivity contribution in [2.45, 2.75) is 64.2 Å². The Labute approximate surface area is 97.5 Å². The zero-order valence-electron chi connectivity index (χ0n) is 10.3. The standard InChI is InChI=1S/C12H23NO3/c1-3-5-11(12(14)15-4-2)16-10-7-6-9(13)8-10/h9-11H,3-8,13H2,1-2H3. The lowest BCUT2D eigenvalue weighted by atomic mass is 10.2. The molecule has 2 N–H and O–H groups in total. The fourth-order valence-corrected chi connectivity index (χ4v) is 2.07. The molecule has 0 spiro atoms. The zero-order chi connectivity index (χ0) is 12.0. The Balaban J connectivity index is 2.40. The molecular weight excluding hydrogens is 206 g/mol. The Bertz CT molecular complexity index is 220. The summed E-state index contributed by atoms with van der Waals surface area (Å²) in [6.45, 7) is 4.26. The summed E-state index contributed by atoms with van der Waals surface area (Å²) in [5, 5.41) is 0. The quantitative estimate of drug-likeness (QED) is 0.703. The number of carbonyl (C=O) groups is 1. The van der Waals surface area contributed by atoms with Crippen molar-refractivity contribution < 1.29 is 14.3 Å². The van der Waals surface area contributed by atoms with Gasteiger partial charge in [0.15, 0.2) is 6.10 Å². The third-order valence-electron chi connectivity index (χ3n) is 2.88. The van der Waals surface area contributed by atoms with Crippen molar-refractivity contribution in [1.82, 2.24) is 0 Å². The molecule has 4 nitrogen and oxygen atoms in total. The third kappa shape index (κ3) is 4.10. The molecule has 1 rings (SSSR count). The monoisotopic (exact) mass is 229 g/mol. The van der Waals surface area contributed by atoms with Gasteiger partial charge in [-0.3, -0.25) is 0 Å². The van der Waals surface area contributed by atoms with Crippen molar-refractivity contribution in [3.63, 3.8) is 0 Å². The molecule has 0 aliphatic heterocycles. The van der Waals surface area contributed by atoms with Crippen molar-refractivity contribution in [2.24, 2.45) is 5.73 Å². The third-order valence-corrected chi connectivity index (χ3v) is 2.88. The molecule has 0 saturated heterocycles. The highest BCUT2D eigenvalue weighted by Crippen LogP contribution is 2.23. The van der Waals surface area contributed by atoms with Crippen molar-refractivity contribution in [3.05, 3.63) is 0 Å². The van der Waals surface area contributed by atoms with Crippen LogP contribution in [0.25, 0.3) is 0 Å². The summed E-state index contributed by atoms with van der Waals surface area (Å²) in [5.74, 6) is -0.232. The van der Waals surface area contributed by atoms with Crippen LogP contribution in [0.2, 0.25) is 0 Å². The first-order valence-corrected chi connectivity index (χ1v) is 6.25. The van der Waals surface area contributed by atoms with Crippen molar-refractivity contribution in [1.29, 1.82) is 0 Å². The molecule has 1 aliphatic rings. The van der Waals surface area contributed by atoms with Crippen molar-refractivity contribution >= 4 is 5.97 Å². The van der Waals surface area contributed by atoms with Gasteiger partial charge in [0.2, 0.25) is 0 Å². The van der Waals surface area contributed by atoms with Crippen LogP contribution in [0.3, 0.4) is 0 Å². The van der Waals surface area contributed by atoms with E-state index in [4.69, 9.17) is 15.2 Å². The molecule has 3 atom stereocenters. The first-order chi connectivity index (χ1) is 7.67. The van der Waals surface area contributed by atoms with Gasteiger partial charge in [0.05, 0.1) is 12.7 Å². The van der Waals surface area contributed by atoms with Crippen LogP contribution in [0.4, 0.5) is 0 Å². The molecular formula is C12H23NO3. The number of carbonyl (C=O) groups excluding carboxylic acids is 1. The smallest absolute Gasteiger partial charge is 0.335 e. The maximum Gasteiger partial charge on any atom is 0.335 e. The van der Waals surface area contributed by atoms with Gasteiger partial charge in [-0.25, -0.2) is 4.79 Å². The van der Waals surface area contributed by atoms with Gasteiger partial charge in [-0.05, 0) is 32.6 Å². The summed E-state index contributed by atoms with van der Waals surface area (Å²) in [4.78, 5) is 11.6. The molecule has 16 heavy (non-hydrogen) atoms. The van der Waals surface area contributed by atoms with E-state index in [-0.39, 0.29) is 18.1 Å². The Morgan fingerprint density at radius 3 is 2.69 bits per heavy atom. The lowest BCUT2D eigenvalue weighted by Gasteiger charge is -2.20. The summed E-state index contributed by atoms with van der Waals surface area (Å²) in [7, 11) is 0. The molecule has 3 unspecified atom stereocenters. The fourth-order valence-electron chi connectivity index (χ4n) is 2.07. The minimum Gasteiger partial charge on any atom is -0.464 e. The lowest BCUT2D eigenvalue weighted by molar-refractivity contribution is -0.161. The molecule has 0 aromatic rings. The van der Waals surface area contributed by atoms with Crippen LogP contribution in [0, 0.1) is 0 Å². The number of rotatable bonds is 6. The predicted octanol–water partition coefficient (Wildman–Crippen LogP) is 1.61. The molecule has 0 bridgehead atoms. The van der Waals surface area contributed by atoms with E-state index >= 15 is 0 Å². The van der Waals surface area contributed by atoms with Crippen LogP contribution in [0.5, 0.6) is 0 Å². The van der Waals surface area contributed by atoms with E-state index in [1.54, 1.807) is 0 Å². The highest BCUT2D eigenvalue weighted by Gasteiger charge is 2.28. The molecule has 0 amide bonds. The fraction of sp³-hybridized carbons (Fsp3) is 0.917. The lowest BCUT2D eigenvalue weighted by Crippen LogP contribution is -2.31. The number of hydrogen-bond acceptors (Lipinski definition) is 4. The van der Waals surface area contributed by atoms with E-state index in [2.05, 4.69) is 0 Å². The molecule has 1 saturated carbocycles. The predicted molar refractivity (Wildman–Crippen MR) is 62.0 cm³/mol. The minimum absolute atomic E-state index is 0.135. The molecule has 0 aromatic carbocycles. The summed E-state index contributed by atoms with van der Waals surface area (Å²) in [5.41, 5.74) is 5.81. The van der Waals surface area contributed by atoms with Gasteiger partial charge in [-0.1, -0.05) is 13.3 Å². The second-order valence-corrected chi connectivity index (χ2v) is 4.36. The van der Waals surface area contributed by atoms with E-state index in [9.17, 15) is 4.79 Å². The van der Waals surface area contributed by atoms with E-state index in [1.165, 1.54) is 0 Å². The van der Waals surface area contributed by atoms with Crippen LogP contribution in [0.1, 0.15) is 46.0 Å². The summed E-state index contributed by atoms with van der Waals surface area (Å²) in [6.07, 6.45) is 4.19. The molecule has 1 aliphatic carbocycles. The van der Waals surface area contributed by atoms with Crippen LogP contribution >= 0.6 is 0 Å². The maximum atomic E-state index is 11.6. The van der Waals surface area contributed by atoms with E-state index < -0.39 is 6.10 Å². The maximum absolute atomic E-state index is 11.6.